The molecule has 7 heteroatoms. The van der Waals surface area contributed by atoms with Gasteiger partial charge in [-0.25, -0.2) is 0 Å². The van der Waals surface area contributed by atoms with Crippen LogP contribution in [0.2, 0.25) is 0 Å². The van der Waals surface area contributed by atoms with Crippen molar-refractivity contribution in [2.45, 2.75) is 0 Å². The van der Waals surface area contributed by atoms with Gasteiger partial charge in [0.1, 0.15) is 11.3 Å². The average molecular weight is 392 g/mol. The third-order valence-electron chi connectivity index (χ3n) is 4.33. The number of hydrogen-bond donors (Lipinski definition) is 2. The van der Waals surface area contributed by atoms with Gasteiger partial charge in [-0.3, -0.25) is 9.59 Å². The van der Waals surface area contributed by atoms with Crippen LogP contribution in [0.1, 0.15) is 20.2 Å². The van der Waals surface area contributed by atoms with Crippen molar-refractivity contribution in [3.8, 4) is 0 Å². The number of amides is 2. The molecule has 0 aliphatic carbocycles. The first-order chi connectivity index (χ1) is 13.1. The Morgan fingerprint density at radius 1 is 0.926 bits per heavy atom. The highest BCUT2D eigenvalue weighted by Gasteiger charge is 2.22. The summed E-state index contributed by atoms with van der Waals surface area (Å²) in [5.41, 5.74) is 6.23. The van der Waals surface area contributed by atoms with Crippen LogP contribution in [0, 0.1) is 0 Å². The highest BCUT2D eigenvalue weighted by molar-refractivity contribution is 7.33. The van der Waals surface area contributed by atoms with Gasteiger partial charge in [-0.05, 0) is 24.3 Å². The maximum absolute atomic E-state index is 12.8. The van der Waals surface area contributed by atoms with Crippen molar-refractivity contribution < 1.29 is 14.0 Å². The first kappa shape index (κ1) is 16.0. The fourth-order valence-corrected chi connectivity index (χ4v) is 5.55. The maximum atomic E-state index is 12.8. The monoisotopic (exact) mass is 392 g/mol. The Morgan fingerprint density at radius 3 is 2.48 bits per heavy atom. The molecule has 0 aliphatic heterocycles. The van der Waals surface area contributed by atoms with Gasteiger partial charge >= 0.3 is 0 Å². The van der Waals surface area contributed by atoms with Gasteiger partial charge in [-0.15, -0.1) is 22.7 Å². The lowest BCUT2D eigenvalue weighted by molar-refractivity contribution is 0.0977. The molecule has 5 nitrogen and oxygen atoms in total. The molecule has 0 radical (unpaired) electrons. The van der Waals surface area contributed by atoms with Crippen molar-refractivity contribution in [1.82, 2.24) is 0 Å². The van der Waals surface area contributed by atoms with Crippen LogP contribution in [-0.2, 0) is 0 Å². The number of rotatable bonds is 3. The van der Waals surface area contributed by atoms with Gasteiger partial charge in [-0.2, -0.15) is 0 Å². The van der Waals surface area contributed by atoms with Crippen LogP contribution in [0.15, 0.2) is 59.0 Å². The maximum Gasteiger partial charge on any atom is 0.286 e. The van der Waals surface area contributed by atoms with E-state index in [0.717, 1.165) is 14.8 Å². The standard InChI is InChI=1S/C20H12N2O3S2/c21-19(23)17-16(10-5-1-3-7-12(10)25-17)22-20(24)15-9-14-18(27-15)11-6-2-4-8-13(11)26-14/h1-9H,(H2,21,23)(H,22,24). The molecule has 3 aromatic heterocycles. The molecule has 0 atom stereocenters. The highest BCUT2D eigenvalue weighted by Crippen LogP contribution is 2.40. The SMILES string of the molecule is NC(=O)c1oc2ccccc2c1NC(=O)c1cc2sc3ccccc3c2s1. The Labute approximate surface area is 161 Å². The summed E-state index contributed by atoms with van der Waals surface area (Å²) in [5, 5.41) is 4.60. The molecule has 0 saturated carbocycles. The number of carbonyl (C=O) groups is 2. The summed E-state index contributed by atoms with van der Waals surface area (Å²) < 4.78 is 8.87. The number of thiophene rings is 2. The third kappa shape index (κ3) is 2.51. The molecule has 0 saturated heterocycles. The molecular weight excluding hydrogens is 380 g/mol. The molecule has 27 heavy (non-hydrogen) atoms. The molecule has 3 heterocycles. The summed E-state index contributed by atoms with van der Waals surface area (Å²) >= 11 is 3.09. The third-order valence-corrected chi connectivity index (χ3v) is 6.75. The second-order valence-electron chi connectivity index (χ2n) is 6.02. The van der Waals surface area contributed by atoms with E-state index in [1.807, 2.05) is 24.3 Å². The molecule has 0 fully saturated rings. The molecule has 0 spiro atoms. The molecular formula is C20H12N2O3S2. The summed E-state index contributed by atoms with van der Waals surface area (Å²) in [6.07, 6.45) is 0. The van der Waals surface area contributed by atoms with Crippen LogP contribution in [0.25, 0.3) is 30.5 Å². The normalized spacial score (nSPS) is 11.4. The van der Waals surface area contributed by atoms with Crippen LogP contribution in [0.3, 0.4) is 0 Å². The smallest absolute Gasteiger partial charge is 0.286 e. The molecule has 132 valence electrons. The first-order valence-electron chi connectivity index (χ1n) is 8.15. The van der Waals surface area contributed by atoms with E-state index in [1.54, 1.807) is 29.5 Å². The number of nitrogens with two attached hydrogens (primary N) is 1. The topological polar surface area (TPSA) is 85.3 Å². The summed E-state index contributed by atoms with van der Waals surface area (Å²) in [5.74, 6) is -1.06. The molecule has 3 N–H and O–H groups in total. The van der Waals surface area contributed by atoms with Crippen molar-refractivity contribution in [1.29, 1.82) is 0 Å². The van der Waals surface area contributed by atoms with Gasteiger partial charge in [0.05, 0.1) is 9.58 Å². The van der Waals surface area contributed by atoms with E-state index in [4.69, 9.17) is 10.2 Å². The second kappa shape index (κ2) is 5.94. The molecule has 5 rings (SSSR count). The Balaban J connectivity index is 1.57. The minimum absolute atomic E-state index is 0.0478. The molecule has 0 aliphatic rings. The van der Waals surface area contributed by atoms with Gasteiger partial charge in [0.25, 0.3) is 11.8 Å². The van der Waals surface area contributed by atoms with Crippen LogP contribution in [0.5, 0.6) is 0 Å². The minimum atomic E-state index is -0.723. The Bertz CT molecular complexity index is 1360. The van der Waals surface area contributed by atoms with Crippen molar-refractivity contribution in [3.05, 3.63) is 65.2 Å². The quantitative estimate of drug-likeness (QED) is 0.442. The van der Waals surface area contributed by atoms with Crippen LogP contribution < -0.4 is 11.1 Å². The predicted octanol–water partition coefficient (Wildman–Crippen LogP) is 5.21. The Kier molecular flexibility index (Phi) is 3.53. The van der Waals surface area contributed by atoms with E-state index in [-0.39, 0.29) is 11.7 Å². The number of furan rings is 1. The highest BCUT2D eigenvalue weighted by atomic mass is 32.1. The van der Waals surface area contributed by atoms with Crippen molar-refractivity contribution in [2.24, 2.45) is 5.73 Å². The molecule has 0 bridgehead atoms. The Morgan fingerprint density at radius 2 is 1.67 bits per heavy atom. The van der Waals surface area contributed by atoms with Gasteiger partial charge in [0, 0.05) is 20.2 Å². The number of carbonyl (C=O) groups excluding carboxylic acids is 2. The van der Waals surface area contributed by atoms with E-state index in [0.29, 0.717) is 21.5 Å². The second-order valence-corrected chi connectivity index (χ2v) is 8.16. The summed E-state index contributed by atoms with van der Waals surface area (Å²) in [6.45, 7) is 0. The number of fused-ring (bicyclic) bond motifs is 4. The molecule has 0 unspecified atom stereocenters. The van der Waals surface area contributed by atoms with Crippen molar-refractivity contribution >= 4 is 70.6 Å². The largest absolute Gasteiger partial charge is 0.449 e. The van der Waals surface area contributed by atoms with Gasteiger partial charge in [0.15, 0.2) is 0 Å². The van der Waals surface area contributed by atoms with Gasteiger partial charge in [-0.1, -0.05) is 30.3 Å². The zero-order valence-corrected chi connectivity index (χ0v) is 15.4. The first-order valence-corrected chi connectivity index (χ1v) is 9.79. The molecule has 2 aromatic carbocycles. The van der Waals surface area contributed by atoms with E-state index in [1.165, 1.54) is 16.0 Å². The van der Waals surface area contributed by atoms with E-state index < -0.39 is 5.91 Å². The Hall–Kier alpha value is -3.16. The van der Waals surface area contributed by atoms with Crippen molar-refractivity contribution in [2.75, 3.05) is 5.32 Å². The van der Waals surface area contributed by atoms with Gasteiger partial charge < -0.3 is 15.5 Å². The number of hydrogen-bond acceptors (Lipinski definition) is 5. The zero-order chi connectivity index (χ0) is 18.5. The van der Waals surface area contributed by atoms with Crippen LogP contribution >= 0.6 is 22.7 Å². The van der Waals surface area contributed by atoms with E-state index >= 15 is 0 Å². The number of para-hydroxylation sites is 1. The number of benzene rings is 2. The minimum Gasteiger partial charge on any atom is -0.449 e. The van der Waals surface area contributed by atoms with Crippen LogP contribution in [-0.4, -0.2) is 11.8 Å². The number of primary amides is 1. The lowest BCUT2D eigenvalue weighted by atomic mass is 10.2. The average Bonchev–Trinajstić information content (AvgIpc) is 3.32. The summed E-state index contributed by atoms with van der Waals surface area (Å²) in [7, 11) is 0. The van der Waals surface area contributed by atoms with Crippen molar-refractivity contribution in [3.63, 3.8) is 0 Å². The fourth-order valence-electron chi connectivity index (χ4n) is 3.13. The zero-order valence-electron chi connectivity index (χ0n) is 13.8. The molecule has 5 aromatic rings. The van der Waals surface area contributed by atoms with Gasteiger partial charge in [0.2, 0.25) is 5.76 Å². The lowest BCUT2D eigenvalue weighted by Gasteiger charge is -2.03. The fraction of sp³-hybridized carbons (Fsp3) is 0. The number of nitrogens with one attached hydrogen (secondary N) is 1. The summed E-state index contributed by atoms with van der Waals surface area (Å²) in [6, 6.07) is 17.1. The van der Waals surface area contributed by atoms with Crippen LogP contribution in [0.4, 0.5) is 5.69 Å². The molecule has 2 amide bonds. The number of anilines is 1. The predicted molar refractivity (Wildman–Crippen MR) is 110 cm³/mol. The van der Waals surface area contributed by atoms with E-state index in [2.05, 4.69) is 17.4 Å². The van der Waals surface area contributed by atoms with E-state index in [9.17, 15) is 9.59 Å². The summed E-state index contributed by atoms with van der Waals surface area (Å²) in [4.78, 5) is 25.2. The lowest BCUT2D eigenvalue weighted by Crippen LogP contribution is -2.16.